The van der Waals surface area contributed by atoms with Gasteiger partial charge >= 0.3 is 5.97 Å². The Morgan fingerprint density at radius 2 is 1.11 bits per heavy atom. The van der Waals surface area contributed by atoms with Crippen molar-refractivity contribution >= 4 is 53.0 Å². The summed E-state index contributed by atoms with van der Waals surface area (Å²) in [6, 6.07) is 9.72. The number of aliphatic hydroxyl groups is 15. The second kappa shape index (κ2) is 36.9. The van der Waals surface area contributed by atoms with E-state index in [1.54, 1.807) is 0 Å². The van der Waals surface area contributed by atoms with E-state index in [9.17, 15) is 107 Å². The molecule has 7 aromatic rings. The molecule has 27 atom stereocenters. The number of hydrogen-bond donors (Lipinski definition) is 23. The number of aliphatic hydroxyl groups excluding tert-OH is 15. The van der Waals surface area contributed by atoms with Crippen molar-refractivity contribution in [3.63, 3.8) is 0 Å². The van der Waals surface area contributed by atoms with Crippen molar-refractivity contribution in [1.82, 2.24) is 5.32 Å². The highest BCUT2D eigenvalue weighted by Gasteiger charge is 2.51. The molecule has 41 heteroatoms. The number of benzene rings is 7. The second-order valence-corrected chi connectivity index (χ2v) is 31.1. The highest BCUT2D eigenvalue weighted by atomic mass is 35.5. The van der Waals surface area contributed by atoms with Crippen LogP contribution in [0.1, 0.15) is 115 Å². The normalized spacial score (nSPS) is 32.6. The Morgan fingerprint density at radius 3 is 1.73 bits per heavy atom. The van der Waals surface area contributed by atoms with Gasteiger partial charge in [-0.3, -0.25) is 0 Å². The molecule has 1 unspecified atom stereocenters. The number of carboxylic acids is 1. The first-order chi connectivity index (χ1) is 59.0. The standard InChI is InChI=1S/C83H92ClN9O31/c1-30-64(99)46(85)27-54(115-30)122-72-37-12-20-50(45(84)22-37)120-52-24-38-23-51(73(52)124-83-74(70(105)68(103)53(29-94)121-83)123-55-28-47(86)65(100)31(2)116-55)118-41-17-9-35(10-18-41)67(102)62(92-75(107)57(87-4)33-7-15-42(16-8-33)119-82-71(106)69(104)66(101)32(3)117-82)79(111)88-58(34-5-13-39(95)14-6-34)76(108)90-60(38)78(110)89-59-36-11-19-48(97)43(21-36)56-44(25-40(96)26-49(56)98)61(81(113)114)91-80(112)63(72)93-77(59)109/h5-26,30-32,46-47,53-55,57-72,74,82-83,87,94-106H,27-29,85-86H2,1-4H3,(H,88,111)(H,89,110)(H,90,108)(H,91,112)(H,92,107)(H,93,109)(H,113,114)/t30-,31-,32-,46+,47+,53+,54-,55-,57+,58-,59+,60+,61-,62+,63-,64-,65-,66-,67+,68+,69+,70-,71+,72+,74?,82-,83-/m0/s1. The van der Waals surface area contributed by atoms with E-state index in [0.29, 0.717) is 0 Å². The van der Waals surface area contributed by atoms with Gasteiger partial charge in [0.25, 0.3) is 0 Å². The number of likely N-dealkylation sites (N-methyl/N-ethyl adjacent to an activating group) is 1. The maximum absolute atomic E-state index is 13.8. The van der Waals surface area contributed by atoms with E-state index < -0.39 is 275 Å². The highest BCUT2D eigenvalue weighted by Crippen LogP contribution is 2.51. The van der Waals surface area contributed by atoms with E-state index >= 15 is 0 Å². The molecule has 0 saturated carbocycles. The van der Waals surface area contributed by atoms with Gasteiger partial charge in [-0.25, -0.2) is 34.7 Å². The van der Waals surface area contributed by atoms with Gasteiger partial charge in [-0.2, -0.15) is 0 Å². The first kappa shape index (κ1) is 89.1. The molecule has 4 fully saturated rings. The third-order valence-corrected chi connectivity index (χ3v) is 22.5. The van der Waals surface area contributed by atoms with Crippen molar-refractivity contribution < 1.29 is 154 Å². The fraction of sp³-hybridized carbons (Fsp3) is 0.410. The summed E-state index contributed by atoms with van der Waals surface area (Å²) in [5, 5.41) is 238. The summed E-state index contributed by atoms with van der Waals surface area (Å²) >= 11 is 7.41. The quantitative estimate of drug-likeness (QED) is 0.0489. The maximum Gasteiger partial charge on any atom is 0.333 e. The molecule has 662 valence electrons. The minimum absolute atomic E-state index is 0.0801. The lowest BCUT2D eigenvalue weighted by Crippen LogP contribution is -2.62. The van der Waals surface area contributed by atoms with Gasteiger partial charge in [-0.15, -0.1) is 0 Å². The fourth-order valence-corrected chi connectivity index (χ4v) is 15.7. The van der Waals surface area contributed by atoms with Gasteiger partial charge in [-0.1, -0.05) is 60.1 Å². The molecule has 9 heterocycles. The van der Waals surface area contributed by atoms with Crippen molar-refractivity contribution in [3.8, 4) is 68.6 Å². The Kier molecular flexibility index (Phi) is 26.5. The average Bonchev–Trinajstić information content (AvgIpc) is 0.765. The summed E-state index contributed by atoms with van der Waals surface area (Å²) in [6.07, 6.45) is -28.5. The van der Waals surface area contributed by atoms with E-state index in [4.69, 9.17) is 70.4 Å². The van der Waals surface area contributed by atoms with Gasteiger partial charge in [0, 0.05) is 47.7 Å². The van der Waals surface area contributed by atoms with Gasteiger partial charge in [0.1, 0.15) is 95.1 Å². The van der Waals surface area contributed by atoms with Crippen molar-refractivity contribution in [2.75, 3.05) is 13.7 Å². The summed E-state index contributed by atoms with van der Waals surface area (Å²) in [4.78, 5) is 40.9. The SMILES string of the molecule is CN[C@@H](C(O)=N[C@H]1C(O)=N[C@@H](c2ccc(O)cc2)C(O)=N[C@H]2C(O)=N[C@H]3C(O)=N[C@H](C(O)=N[C@H](C(=O)O)c4cc(O)cc(O)c4-c4cc3ccc4O)[C@H](O[C@H]3C[C@@H](N)[C@@H](O)[C@H](C)O3)c3ccc(c(Cl)c3)Oc3cc2cc(c3O[C@@H]2O[C@H](CO)[C@@H](O)[C@H](O)C2O[C@H]2C[C@@H](N)[C@@H](O)[C@H](C)O2)Oc2ccc(cc2)[C@H]1O)c1ccc(O[C@@H]2O[C@@H](C)[C@H](O)[C@@H](O)[C@H]2O)cc1. The van der Waals surface area contributed by atoms with Crippen molar-refractivity contribution in [2.24, 2.45) is 41.4 Å². The van der Waals surface area contributed by atoms with Crippen LogP contribution in [0.15, 0.2) is 163 Å². The summed E-state index contributed by atoms with van der Waals surface area (Å²) in [6.45, 7) is 3.46. The number of aliphatic carboxylic acids is 1. The van der Waals surface area contributed by atoms with Crippen LogP contribution >= 0.6 is 11.6 Å². The molecule has 4 saturated heterocycles. The number of aromatic hydroxyl groups is 4. The van der Waals surface area contributed by atoms with Crippen LogP contribution < -0.4 is 35.7 Å². The lowest BCUT2D eigenvalue weighted by Gasteiger charge is -2.44. The van der Waals surface area contributed by atoms with Gasteiger partial charge < -0.3 is 166 Å². The molecule has 0 radical (unpaired) electrons. The zero-order chi connectivity index (χ0) is 88.9. The number of phenols is 4. The molecule has 16 rings (SSSR count). The Morgan fingerprint density at radius 1 is 0.532 bits per heavy atom. The molecule has 40 nitrogen and oxygen atoms in total. The Hall–Kier alpha value is -11.2. The molecule has 0 aromatic heterocycles. The minimum atomic E-state index is -2.36. The Balaban J connectivity index is 1.02. The monoisotopic (exact) mass is 1750 g/mol. The number of nitrogens with one attached hydrogen (secondary N) is 1. The summed E-state index contributed by atoms with van der Waals surface area (Å²) < 4.78 is 63.4. The van der Waals surface area contributed by atoms with Gasteiger partial charge in [0.15, 0.2) is 66.4 Å². The number of ether oxygens (including phenoxy) is 10. The summed E-state index contributed by atoms with van der Waals surface area (Å²) in [5.41, 5.74) is 10.4. The fourth-order valence-electron chi connectivity index (χ4n) is 15.4. The second-order valence-electron chi connectivity index (χ2n) is 30.7. The zero-order valence-corrected chi connectivity index (χ0v) is 66.8. The number of carbonyl (C=O) groups is 1. The van der Waals surface area contributed by atoms with Crippen LogP contribution in [0.2, 0.25) is 5.02 Å². The highest BCUT2D eigenvalue weighted by molar-refractivity contribution is 6.32. The van der Waals surface area contributed by atoms with E-state index in [1.165, 1.54) is 107 Å². The molecule has 7 aromatic carbocycles. The third-order valence-electron chi connectivity index (χ3n) is 22.2. The number of carboxylic acid groups (broad SMARTS) is 1. The number of nitrogens with zero attached hydrogens (tertiary/aromatic N) is 6. The zero-order valence-electron chi connectivity index (χ0n) is 66.1. The molecular weight excluding hydrogens is 1650 g/mol. The van der Waals surface area contributed by atoms with Gasteiger partial charge in [0.05, 0.1) is 42.1 Å². The van der Waals surface area contributed by atoms with E-state index in [2.05, 4.69) is 35.3 Å². The first-order valence-corrected chi connectivity index (χ1v) is 39.5. The van der Waals surface area contributed by atoms with Gasteiger partial charge in [0.2, 0.25) is 53.7 Å². The molecule has 25 N–H and O–H groups in total. The largest absolute Gasteiger partial charge is 0.508 e. The number of nitrogens with two attached hydrogens (primary N) is 2. The molecule has 9 aliphatic heterocycles. The van der Waals surface area contributed by atoms with Crippen LogP contribution in [0, 0.1) is 0 Å². The summed E-state index contributed by atoms with van der Waals surface area (Å²) in [7, 11) is 1.43. The van der Waals surface area contributed by atoms with E-state index in [0.717, 1.165) is 54.6 Å². The molecule has 0 aliphatic carbocycles. The number of hydrogen-bond acceptors (Lipinski definition) is 33. The maximum atomic E-state index is 13.8. The Bertz CT molecular complexity index is 5220. The number of rotatable bonds is 15. The lowest BCUT2D eigenvalue weighted by atomic mass is 9.90. The molecule has 124 heavy (non-hydrogen) atoms. The molecule has 0 amide bonds. The number of phenolic OH excluding ortho intramolecular Hbond substituents is 4. The molecule has 9 aliphatic rings. The van der Waals surface area contributed by atoms with Gasteiger partial charge in [-0.05, 0) is 140 Å². The van der Waals surface area contributed by atoms with Crippen molar-refractivity contribution in [1.29, 1.82) is 0 Å². The van der Waals surface area contributed by atoms with Crippen LogP contribution in [0.5, 0.6) is 57.5 Å². The van der Waals surface area contributed by atoms with Crippen LogP contribution in [0.25, 0.3) is 11.1 Å². The van der Waals surface area contributed by atoms with E-state index in [-0.39, 0.29) is 63.7 Å². The molecule has 11 bridgehead atoms. The third kappa shape index (κ3) is 18.5. The van der Waals surface area contributed by atoms with E-state index in [1.807, 2.05) is 0 Å². The summed E-state index contributed by atoms with van der Waals surface area (Å²) in [5.74, 6) is -13.7. The smallest absolute Gasteiger partial charge is 0.333 e. The number of fused-ring (bicyclic) bond motifs is 12. The topological polar surface area (TPSA) is 652 Å². The lowest BCUT2D eigenvalue weighted by molar-refractivity contribution is -0.330. The van der Waals surface area contributed by atoms with Crippen LogP contribution in [-0.4, -0.2) is 280 Å². The number of halogens is 1. The molecular formula is C83H92ClN9O31. The van der Waals surface area contributed by atoms with Crippen LogP contribution in [0.4, 0.5) is 0 Å². The Labute approximate surface area is 709 Å². The van der Waals surface area contributed by atoms with Crippen LogP contribution in [0.3, 0.4) is 0 Å². The van der Waals surface area contributed by atoms with Crippen molar-refractivity contribution in [3.05, 3.63) is 177 Å². The van der Waals surface area contributed by atoms with Crippen LogP contribution in [-0.2, 0) is 33.2 Å². The first-order valence-electron chi connectivity index (χ1n) is 39.1. The molecule has 0 spiro atoms. The predicted molar refractivity (Wildman–Crippen MR) is 435 cm³/mol. The predicted octanol–water partition coefficient (Wildman–Crippen LogP) is 4.69. The average molecular weight is 1750 g/mol. The minimum Gasteiger partial charge on any atom is -0.508 e. The number of aliphatic imine (C=N–C) groups is 6. The van der Waals surface area contributed by atoms with Crippen molar-refractivity contribution in [2.45, 2.75) is 199 Å².